The van der Waals surface area contributed by atoms with Crippen LogP contribution in [-0.4, -0.2) is 22.6 Å². The van der Waals surface area contributed by atoms with Crippen LogP contribution in [0.3, 0.4) is 0 Å². The first-order valence-corrected chi connectivity index (χ1v) is 9.52. The minimum Gasteiger partial charge on any atom is -0.338 e. The Morgan fingerprint density at radius 1 is 1.22 bits per heavy atom. The second-order valence-electron chi connectivity index (χ2n) is 7.90. The second-order valence-corrected chi connectivity index (χ2v) is 7.90. The third-order valence-electron chi connectivity index (χ3n) is 5.76. The summed E-state index contributed by atoms with van der Waals surface area (Å²) in [7, 11) is 0. The van der Waals surface area contributed by atoms with Crippen LogP contribution in [0.25, 0.3) is 0 Å². The molecule has 0 bridgehead atoms. The molecule has 2 aromatic rings. The van der Waals surface area contributed by atoms with Crippen LogP contribution in [-0.2, 0) is 10.3 Å². The maximum Gasteiger partial charge on any atom is 0.239 e. The minimum atomic E-state index is -0.490. The number of carbonyl (C=O) groups excluding carboxylic acids is 1. The first-order valence-electron chi connectivity index (χ1n) is 9.52. The van der Waals surface area contributed by atoms with Gasteiger partial charge in [-0.2, -0.15) is 4.98 Å². The molecule has 1 aliphatic carbocycles. The van der Waals surface area contributed by atoms with Gasteiger partial charge in [0.05, 0.1) is 5.54 Å². The Labute approximate surface area is 165 Å². The molecule has 27 heavy (non-hydrogen) atoms. The van der Waals surface area contributed by atoms with E-state index in [1.165, 1.54) is 5.56 Å². The summed E-state index contributed by atoms with van der Waals surface area (Å²) in [5, 5.41) is 4.10. The molecule has 1 aromatic carbocycles. The Hall–Kier alpha value is -1.92. The van der Waals surface area contributed by atoms with E-state index in [1.807, 2.05) is 17.0 Å². The van der Waals surface area contributed by atoms with Gasteiger partial charge in [0.2, 0.25) is 11.8 Å². The van der Waals surface area contributed by atoms with E-state index in [0.717, 1.165) is 31.4 Å². The van der Waals surface area contributed by atoms with Gasteiger partial charge in [-0.3, -0.25) is 4.79 Å². The number of anilines is 1. The highest BCUT2D eigenvalue weighted by Crippen LogP contribution is 2.37. The fraction of sp³-hybridized carbons (Fsp3) is 0.550. The van der Waals surface area contributed by atoms with Gasteiger partial charge in [0.1, 0.15) is 5.92 Å². The van der Waals surface area contributed by atoms with Crippen molar-refractivity contribution in [1.29, 1.82) is 0 Å². The Bertz CT molecular complexity index is 797. The van der Waals surface area contributed by atoms with Crippen molar-refractivity contribution in [2.24, 2.45) is 5.73 Å². The summed E-state index contributed by atoms with van der Waals surface area (Å²) in [6.07, 6.45) is 4.60. The van der Waals surface area contributed by atoms with E-state index < -0.39 is 5.54 Å². The molecular weight excluding hydrogens is 364 g/mol. The molecule has 4 rings (SSSR count). The third-order valence-corrected chi connectivity index (χ3v) is 5.76. The van der Waals surface area contributed by atoms with E-state index in [4.69, 9.17) is 10.3 Å². The van der Waals surface area contributed by atoms with Crippen LogP contribution in [0.2, 0.25) is 0 Å². The summed E-state index contributed by atoms with van der Waals surface area (Å²) in [6, 6.07) is 8.21. The quantitative estimate of drug-likeness (QED) is 0.856. The molecular formula is C20H27ClN4O2. The zero-order valence-corrected chi connectivity index (χ0v) is 16.7. The lowest BCUT2D eigenvalue weighted by Gasteiger charge is -2.18. The van der Waals surface area contributed by atoms with E-state index in [0.29, 0.717) is 30.6 Å². The molecule has 2 fully saturated rings. The van der Waals surface area contributed by atoms with Crippen LogP contribution in [0.4, 0.5) is 5.69 Å². The van der Waals surface area contributed by atoms with Gasteiger partial charge >= 0.3 is 0 Å². The van der Waals surface area contributed by atoms with Gasteiger partial charge in [-0.25, -0.2) is 0 Å². The number of rotatable bonds is 4. The minimum absolute atomic E-state index is 0. The summed E-state index contributed by atoms with van der Waals surface area (Å²) in [4.78, 5) is 19.2. The van der Waals surface area contributed by atoms with Gasteiger partial charge in [0.15, 0.2) is 5.82 Å². The van der Waals surface area contributed by atoms with Gasteiger partial charge in [-0.1, -0.05) is 44.0 Å². The lowest BCUT2D eigenvalue weighted by Crippen LogP contribution is -2.34. The molecule has 1 amide bonds. The van der Waals surface area contributed by atoms with Gasteiger partial charge in [-0.05, 0) is 42.9 Å². The molecule has 1 aliphatic heterocycles. The largest absolute Gasteiger partial charge is 0.338 e. The highest BCUT2D eigenvalue weighted by atomic mass is 35.5. The highest BCUT2D eigenvalue weighted by Gasteiger charge is 2.40. The monoisotopic (exact) mass is 390 g/mol. The normalized spacial score (nSPS) is 21.7. The van der Waals surface area contributed by atoms with Crippen molar-refractivity contribution >= 4 is 24.0 Å². The molecule has 2 aliphatic rings. The highest BCUT2D eigenvalue weighted by molar-refractivity contribution is 5.99. The lowest BCUT2D eigenvalue weighted by molar-refractivity contribution is -0.118. The molecule has 0 radical (unpaired) electrons. The summed E-state index contributed by atoms with van der Waals surface area (Å²) in [5.74, 6) is 1.09. The molecule has 2 N–H and O–H groups in total. The zero-order valence-electron chi connectivity index (χ0n) is 15.9. The number of aromatic nitrogens is 2. The van der Waals surface area contributed by atoms with Crippen LogP contribution in [0.5, 0.6) is 0 Å². The predicted molar refractivity (Wildman–Crippen MR) is 106 cm³/mol. The molecule has 1 atom stereocenters. The standard InChI is InChI=1S/C20H26N4O2.ClH/c1-13(2)14-5-7-15(8-6-14)24-12-9-16(18(24)25)17-22-19(23-26-17)20(21)10-3-4-11-20;/h5-8,13,16H,3-4,9-12,21H2,1-2H3;1H. The number of hydrogen-bond donors (Lipinski definition) is 1. The number of nitrogens with two attached hydrogens (primary N) is 1. The van der Waals surface area contributed by atoms with E-state index in [1.54, 1.807) is 0 Å². The van der Waals surface area contributed by atoms with Gasteiger partial charge in [-0.15, -0.1) is 12.4 Å². The maximum atomic E-state index is 12.9. The summed E-state index contributed by atoms with van der Waals surface area (Å²) >= 11 is 0. The fourth-order valence-electron chi connectivity index (χ4n) is 4.01. The lowest BCUT2D eigenvalue weighted by atomic mass is 9.98. The zero-order chi connectivity index (χ0) is 18.3. The van der Waals surface area contributed by atoms with E-state index in [9.17, 15) is 4.79 Å². The molecule has 0 spiro atoms. The number of hydrogen-bond acceptors (Lipinski definition) is 5. The van der Waals surface area contributed by atoms with Crippen LogP contribution in [0, 0.1) is 0 Å². The van der Waals surface area contributed by atoms with Crippen molar-refractivity contribution in [3.8, 4) is 0 Å². The number of carbonyl (C=O) groups is 1. The van der Waals surface area contributed by atoms with Crippen molar-refractivity contribution in [2.45, 2.75) is 63.3 Å². The Balaban J connectivity index is 0.00000210. The summed E-state index contributed by atoms with van der Waals surface area (Å²) < 4.78 is 5.44. The molecule has 1 aromatic heterocycles. The van der Waals surface area contributed by atoms with E-state index >= 15 is 0 Å². The van der Waals surface area contributed by atoms with Crippen molar-refractivity contribution < 1.29 is 9.32 Å². The fourth-order valence-corrected chi connectivity index (χ4v) is 4.01. The number of nitrogens with zero attached hydrogens (tertiary/aromatic N) is 3. The summed E-state index contributed by atoms with van der Waals surface area (Å²) in [6.45, 7) is 4.98. The number of amides is 1. The Kier molecular flexibility index (Phi) is 5.58. The van der Waals surface area contributed by atoms with E-state index in [2.05, 4.69) is 36.1 Å². The summed E-state index contributed by atoms with van der Waals surface area (Å²) in [5.41, 5.74) is 8.10. The first kappa shape index (κ1) is 19.8. The third kappa shape index (κ3) is 3.60. The van der Waals surface area contributed by atoms with Crippen LogP contribution >= 0.6 is 12.4 Å². The van der Waals surface area contributed by atoms with Gasteiger partial charge in [0, 0.05) is 12.2 Å². The molecule has 7 heteroatoms. The Morgan fingerprint density at radius 2 is 1.89 bits per heavy atom. The van der Waals surface area contributed by atoms with Gasteiger partial charge in [0.25, 0.3) is 0 Å². The average molecular weight is 391 g/mol. The van der Waals surface area contributed by atoms with Crippen LogP contribution in [0.1, 0.15) is 75.1 Å². The Morgan fingerprint density at radius 3 is 2.52 bits per heavy atom. The molecule has 1 unspecified atom stereocenters. The predicted octanol–water partition coefficient (Wildman–Crippen LogP) is 3.86. The topological polar surface area (TPSA) is 85.2 Å². The van der Waals surface area contributed by atoms with E-state index in [-0.39, 0.29) is 24.2 Å². The number of halogens is 1. The van der Waals surface area contributed by atoms with Gasteiger partial charge < -0.3 is 15.2 Å². The van der Waals surface area contributed by atoms with Crippen LogP contribution in [0.15, 0.2) is 28.8 Å². The van der Waals surface area contributed by atoms with Crippen molar-refractivity contribution in [1.82, 2.24) is 10.1 Å². The maximum absolute atomic E-state index is 12.9. The molecule has 1 saturated carbocycles. The van der Waals surface area contributed by atoms with Crippen molar-refractivity contribution in [3.63, 3.8) is 0 Å². The SMILES string of the molecule is CC(C)c1ccc(N2CCC(c3nc(C4(N)CCCC4)no3)C2=O)cc1.Cl. The first-order chi connectivity index (χ1) is 12.5. The van der Waals surface area contributed by atoms with Crippen molar-refractivity contribution in [3.05, 3.63) is 41.5 Å². The molecule has 1 saturated heterocycles. The van der Waals surface area contributed by atoms with Crippen LogP contribution < -0.4 is 10.6 Å². The molecule has 146 valence electrons. The van der Waals surface area contributed by atoms with Crippen molar-refractivity contribution in [2.75, 3.05) is 11.4 Å². The number of benzene rings is 1. The average Bonchev–Trinajstić information content (AvgIpc) is 3.35. The molecule has 6 nitrogen and oxygen atoms in total. The second kappa shape index (κ2) is 7.60. The smallest absolute Gasteiger partial charge is 0.239 e. The molecule has 2 heterocycles.